The summed E-state index contributed by atoms with van der Waals surface area (Å²) in [6, 6.07) is 2.03. The van der Waals surface area contributed by atoms with E-state index in [1.165, 1.54) is 21.2 Å². The third kappa shape index (κ3) is 3.89. The summed E-state index contributed by atoms with van der Waals surface area (Å²) in [6.45, 7) is 9.70. The predicted octanol–water partition coefficient (Wildman–Crippen LogP) is 3.19. The number of rotatable bonds is 4. The third-order valence-electron chi connectivity index (χ3n) is 5.51. The maximum atomic E-state index is 12.8. The number of nitriles is 1. The van der Waals surface area contributed by atoms with Gasteiger partial charge in [0.2, 0.25) is 0 Å². The molecule has 1 aromatic rings. The molecular formula is C21H24N4O2S2. The SMILES string of the molecule is C=CCN1C(=O)C(=Cc2c(C)c(C#N)c(=O)n(C)c2N2CCC(C)CC2)SC1=S. The molecule has 0 bridgehead atoms. The number of amides is 1. The van der Waals surface area contributed by atoms with Gasteiger partial charge < -0.3 is 4.90 Å². The fourth-order valence-electron chi connectivity index (χ4n) is 3.73. The van der Waals surface area contributed by atoms with Crippen LogP contribution in [-0.4, -0.2) is 39.3 Å². The van der Waals surface area contributed by atoms with Gasteiger partial charge in [0, 0.05) is 32.2 Å². The summed E-state index contributed by atoms with van der Waals surface area (Å²) in [7, 11) is 1.69. The number of carbonyl (C=O) groups is 1. The molecule has 0 spiro atoms. The van der Waals surface area contributed by atoms with E-state index < -0.39 is 0 Å². The standard InChI is InChI=1S/C21H24N4O2S2/c1-5-8-25-20(27)17(29-21(25)28)11-15-14(3)16(12-22)19(26)23(4)18(15)24-9-6-13(2)7-10-24/h5,11,13H,1,6-10H2,2-4H3. The molecule has 0 N–H and O–H groups in total. The van der Waals surface area contributed by atoms with Crippen LogP contribution in [-0.2, 0) is 11.8 Å². The maximum Gasteiger partial charge on any atom is 0.270 e. The van der Waals surface area contributed by atoms with Gasteiger partial charge in [-0.25, -0.2) is 0 Å². The highest BCUT2D eigenvalue weighted by molar-refractivity contribution is 8.26. The van der Waals surface area contributed by atoms with E-state index in [-0.39, 0.29) is 17.0 Å². The quantitative estimate of drug-likeness (QED) is 0.417. The first kappa shape index (κ1) is 21.3. The van der Waals surface area contributed by atoms with Crippen molar-refractivity contribution in [3.05, 3.63) is 44.6 Å². The average Bonchev–Trinajstić information content (AvgIpc) is 2.95. The number of aromatic nitrogens is 1. The number of anilines is 1. The van der Waals surface area contributed by atoms with Crippen LogP contribution in [0.15, 0.2) is 22.4 Å². The van der Waals surface area contributed by atoms with Crippen LogP contribution in [0.2, 0.25) is 0 Å². The Morgan fingerprint density at radius 2 is 2.00 bits per heavy atom. The lowest BCUT2D eigenvalue weighted by Crippen LogP contribution is -2.38. The molecule has 0 atom stereocenters. The van der Waals surface area contributed by atoms with Crippen molar-refractivity contribution in [1.82, 2.24) is 9.47 Å². The van der Waals surface area contributed by atoms with Gasteiger partial charge in [-0.15, -0.1) is 6.58 Å². The minimum absolute atomic E-state index is 0.106. The second-order valence-electron chi connectivity index (χ2n) is 7.46. The molecule has 2 aliphatic rings. The summed E-state index contributed by atoms with van der Waals surface area (Å²) in [5, 5.41) is 9.54. The first-order valence-electron chi connectivity index (χ1n) is 9.55. The van der Waals surface area contributed by atoms with Crippen LogP contribution in [0.25, 0.3) is 6.08 Å². The third-order valence-corrected chi connectivity index (χ3v) is 6.89. The Kier molecular flexibility index (Phi) is 6.30. The summed E-state index contributed by atoms with van der Waals surface area (Å²) in [5.74, 6) is 1.22. The Labute approximate surface area is 180 Å². The first-order chi connectivity index (χ1) is 13.8. The van der Waals surface area contributed by atoms with E-state index >= 15 is 0 Å². The smallest absolute Gasteiger partial charge is 0.270 e. The van der Waals surface area contributed by atoms with Gasteiger partial charge in [-0.3, -0.25) is 19.1 Å². The fraction of sp³-hybridized carbons (Fsp3) is 0.429. The maximum absolute atomic E-state index is 12.8. The number of carbonyl (C=O) groups excluding carboxylic acids is 1. The highest BCUT2D eigenvalue weighted by atomic mass is 32.2. The largest absolute Gasteiger partial charge is 0.357 e. The molecule has 0 aromatic carbocycles. The van der Waals surface area contributed by atoms with Gasteiger partial charge in [-0.2, -0.15) is 5.26 Å². The normalized spacial score (nSPS) is 19.2. The molecule has 2 aliphatic heterocycles. The van der Waals surface area contributed by atoms with Gasteiger partial charge in [0.15, 0.2) is 0 Å². The van der Waals surface area contributed by atoms with Crippen LogP contribution in [0, 0.1) is 24.2 Å². The second-order valence-corrected chi connectivity index (χ2v) is 9.14. The van der Waals surface area contributed by atoms with E-state index in [0.29, 0.717) is 27.3 Å². The molecule has 29 heavy (non-hydrogen) atoms. The molecule has 6 nitrogen and oxygen atoms in total. The van der Waals surface area contributed by atoms with Crippen LogP contribution in [0.5, 0.6) is 0 Å². The molecule has 3 heterocycles. The monoisotopic (exact) mass is 428 g/mol. The molecule has 0 aliphatic carbocycles. The van der Waals surface area contributed by atoms with E-state index in [1.807, 2.05) is 6.07 Å². The first-order valence-corrected chi connectivity index (χ1v) is 10.8. The highest BCUT2D eigenvalue weighted by Gasteiger charge is 2.32. The molecule has 2 fully saturated rings. The number of nitrogens with zero attached hydrogens (tertiary/aromatic N) is 4. The Morgan fingerprint density at radius 3 is 2.59 bits per heavy atom. The molecule has 0 unspecified atom stereocenters. The van der Waals surface area contributed by atoms with Gasteiger partial charge in [0.25, 0.3) is 11.5 Å². The van der Waals surface area contributed by atoms with Crippen molar-refractivity contribution < 1.29 is 4.79 Å². The number of piperidine rings is 1. The van der Waals surface area contributed by atoms with Gasteiger partial charge in [-0.1, -0.05) is 37.0 Å². The number of hydrogen-bond acceptors (Lipinski definition) is 6. The molecule has 3 rings (SSSR count). The molecule has 1 amide bonds. The summed E-state index contributed by atoms with van der Waals surface area (Å²) >= 11 is 6.57. The minimum atomic E-state index is -0.310. The van der Waals surface area contributed by atoms with E-state index in [2.05, 4.69) is 18.4 Å². The topological polar surface area (TPSA) is 69.3 Å². The van der Waals surface area contributed by atoms with E-state index in [9.17, 15) is 14.9 Å². The van der Waals surface area contributed by atoms with Crippen LogP contribution in [0.3, 0.4) is 0 Å². The Hall–Kier alpha value is -2.37. The number of pyridine rings is 1. The molecule has 8 heteroatoms. The van der Waals surface area contributed by atoms with Crippen LogP contribution in [0.1, 0.15) is 36.5 Å². The van der Waals surface area contributed by atoms with E-state index in [4.69, 9.17) is 12.2 Å². The van der Waals surface area contributed by atoms with Crippen molar-refractivity contribution in [2.45, 2.75) is 26.7 Å². The molecule has 1 aromatic heterocycles. The lowest BCUT2D eigenvalue weighted by atomic mass is 9.97. The number of thiocarbonyl (C=S) groups is 1. The molecule has 152 valence electrons. The summed E-state index contributed by atoms with van der Waals surface area (Å²) in [5.41, 5.74) is 1.12. The Bertz CT molecular complexity index is 1010. The molecule has 2 saturated heterocycles. The van der Waals surface area contributed by atoms with Crippen LogP contribution in [0.4, 0.5) is 5.82 Å². The fourth-order valence-corrected chi connectivity index (χ4v) is 4.99. The second kappa shape index (κ2) is 8.56. The van der Waals surface area contributed by atoms with Crippen molar-refractivity contribution in [1.29, 1.82) is 5.26 Å². The van der Waals surface area contributed by atoms with Crippen molar-refractivity contribution in [2.75, 3.05) is 24.5 Å². The van der Waals surface area contributed by atoms with Crippen molar-refractivity contribution in [2.24, 2.45) is 13.0 Å². The van der Waals surface area contributed by atoms with Gasteiger partial charge >= 0.3 is 0 Å². The summed E-state index contributed by atoms with van der Waals surface area (Å²) in [4.78, 5) is 29.8. The van der Waals surface area contributed by atoms with Crippen molar-refractivity contribution in [3.63, 3.8) is 0 Å². The van der Waals surface area contributed by atoms with Gasteiger partial charge in [-0.05, 0) is 37.3 Å². The summed E-state index contributed by atoms with van der Waals surface area (Å²) in [6.07, 6.45) is 5.49. The Morgan fingerprint density at radius 1 is 1.34 bits per heavy atom. The molecule has 0 saturated carbocycles. The van der Waals surface area contributed by atoms with Gasteiger partial charge in [0.1, 0.15) is 21.8 Å². The van der Waals surface area contributed by atoms with Crippen LogP contribution >= 0.6 is 24.0 Å². The average molecular weight is 429 g/mol. The number of thioether (sulfide) groups is 1. The molecule has 0 radical (unpaired) electrons. The predicted molar refractivity (Wildman–Crippen MR) is 122 cm³/mol. The minimum Gasteiger partial charge on any atom is -0.357 e. The lowest BCUT2D eigenvalue weighted by molar-refractivity contribution is -0.121. The summed E-state index contributed by atoms with van der Waals surface area (Å²) < 4.78 is 2.02. The van der Waals surface area contributed by atoms with Crippen molar-refractivity contribution in [3.8, 4) is 6.07 Å². The zero-order valence-electron chi connectivity index (χ0n) is 16.9. The highest BCUT2D eigenvalue weighted by Crippen LogP contribution is 2.36. The molecular weight excluding hydrogens is 404 g/mol. The van der Waals surface area contributed by atoms with Crippen LogP contribution < -0.4 is 10.5 Å². The van der Waals surface area contributed by atoms with Gasteiger partial charge in [0.05, 0.1) is 4.91 Å². The lowest BCUT2D eigenvalue weighted by Gasteiger charge is -2.34. The Balaban J connectivity index is 2.17. The zero-order valence-corrected chi connectivity index (χ0v) is 18.5. The zero-order chi connectivity index (χ0) is 21.3. The van der Waals surface area contributed by atoms with Crippen molar-refractivity contribution >= 4 is 46.1 Å². The number of hydrogen-bond donors (Lipinski definition) is 0. The van der Waals surface area contributed by atoms with E-state index in [1.54, 1.807) is 26.1 Å². The van der Waals surface area contributed by atoms with E-state index in [0.717, 1.165) is 37.3 Å².